The van der Waals surface area contributed by atoms with Crippen LogP contribution in [0.4, 0.5) is 0 Å². The summed E-state index contributed by atoms with van der Waals surface area (Å²) in [6, 6.07) is 16.3. The second-order valence-electron chi connectivity index (χ2n) is 4.95. The average Bonchev–Trinajstić information content (AvgIpc) is 2.55. The second kappa shape index (κ2) is 4.93. The van der Waals surface area contributed by atoms with Crippen LogP contribution in [-0.4, -0.2) is 14.8 Å². The van der Waals surface area contributed by atoms with Crippen LogP contribution in [0.25, 0.3) is 27.5 Å². The first-order valence-electron chi connectivity index (χ1n) is 6.76. The first-order chi connectivity index (χ1) is 10.7. The number of nitrogens with zero attached hydrogens (tertiary/aromatic N) is 3. The van der Waals surface area contributed by atoms with Crippen LogP contribution in [0.5, 0.6) is 0 Å². The highest BCUT2D eigenvalue weighted by Gasteiger charge is 2.08. The van der Waals surface area contributed by atoms with E-state index in [9.17, 15) is 4.79 Å². The van der Waals surface area contributed by atoms with Crippen molar-refractivity contribution in [2.45, 2.75) is 0 Å². The minimum atomic E-state index is -0.193. The fourth-order valence-electron chi connectivity index (χ4n) is 2.48. The number of rotatable bonds is 1. The molecular weight excluding hydrogens is 298 g/mol. The van der Waals surface area contributed by atoms with E-state index in [1.807, 2.05) is 42.5 Å². The van der Waals surface area contributed by atoms with Crippen LogP contribution >= 0.6 is 11.6 Å². The number of hydrogen-bond donors (Lipinski definition) is 0. The van der Waals surface area contributed by atoms with E-state index >= 15 is 0 Å². The molecule has 4 aromatic rings. The maximum atomic E-state index is 12.3. The molecule has 0 amide bonds. The summed E-state index contributed by atoms with van der Waals surface area (Å²) in [5.74, 6) is 0. The van der Waals surface area contributed by atoms with Gasteiger partial charge in [0, 0.05) is 28.1 Å². The Morgan fingerprint density at radius 2 is 1.82 bits per heavy atom. The Labute approximate surface area is 130 Å². The van der Waals surface area contributed by atoms with Crippen molar-refractivity contribution in [3.8, 4) is 5.69 Å². The lowest BCUT2D eigenvalue weighted by Gasteiger charge is -2.07. The fourth-order valence-corrected chi connectivity index (χ4v) is 2.65. The summed E-state index contributed by atoms with van der Waals surface area (Å²) in [5.41, 5.74) is 2.03. The smallest absolute Gasteiger partial charge is 0.267 e. The van der Waals surface area contributed by atoms with E-state index in [2.05, 4.69) is 10.1 Å². The normalized spacial score (nSPS) is 11.1. The van der Waals surface area contributed by atoms with Crippen molar-refractivity contribution in [1.82, 2.24) is 14.8 Å². The van der Waals surface area contributed by atoms with Crippen molar-refractivity contribution >= 4 is 33.4 Å². The Balaban J connectivity index is 2.12. The molecule has 0 radical (unpaired) electrons. The molecular formula is C17H10ClN3O. The largest absolute Gasteiger partial charge is 0.272 e. The van der Waals surface area contributed by atoms with Crippen LogP contribution < -0.4 is 5.56 Å². The molecule has 0 aliphatic carbocycles. The van der Waals surface area contributed by atoms with Crippen molar-refractivity contribution < 1.29 is 0 Å². The Bertz CT molecular complexity index is 1060. The highest BCUT2D eigenvalue weighted by Crippen LogP contribution is 2.24. The van der Waals surface area contributed by atoms with Gasteiger partial charge in [0.1, 0.15) is 5.52 Å². The minimum absolute atomic E-state index is 0.193. The molecule has 2 heterocycles. The molecule has 0 N–H and O–H groups in total. The van der Waals surface area contributed by atoms with E-state index < -0.39 is 0 Å². The van der Waals surface area contributed by atoms with Crippen LogP contribution in [-0.2, 0) is 0 Å². The quantitative estimate of drug-likeness (QED) is 0.505. The summed E-state index contributed by atoms with van der Waals surface area (Å²) in [5, 5.41) is 6.66. The third-order valence-corrected chi connectivity index (χ3v) is 3.75. The third kappa shape index (κ3) is 2.05. The Kier molecular flexibility index (Phi) is 2.91. The van der Waals surface area contributed by atoms with Gasteiger partial charge in [-0.3, -0.25) is 9.78 Å². The predicted octanol–water partition coefficient (Wildman–Crippen LogP) is 3.59. The molecule has 0 bridgehead atoms. The van der Waals surface area contributed by atoms with Crippen molar-refractivity contribution in [2.75, 3.05) is 0 Å². The van der Waals surface area contributed by atoms with Crippen molar-refractivity contribution in [2.24, 2.45) is 0 Å². The van der Waals surface area contributed by atoms with Gasteiger partial charge in [0.25, 0.3) is 5.56 Å². The molecule has 106 valence electrons. The van der Waals surface area contributed by atoms with Crippen molar-refractivity contribution in [1.29, 1.82) is 0 Å². The average molecular weight is 308 g/mol. The van der Waals surface area contributed by atoms with Crippen LogP contribution in [0, 0.1) is 0 Å². The first kappa shape index (κ1) is 13.0. The second-order valence-corrected chi connectivity index (χ2v) is 5.39. The summed E-state index contributed by atoms with van der Waals surface area (Å²) in [6.45, 7) is 0. The number of hydrogen-bond acceptors (Lipinski definition) is 3. The van der Waals surface area contributed by atoms with Gasteiger partial charge < -0.3 is 0 Å². The van der Waals surface area contributed by atoms with E-state index in [1.165, 1.54) is 4.68 Å². The van der Waals surface area contributed by atoms with Crippen molar-refractivity contribution in [3.05, 3.63) is 76.2 Å². The molecule has 5 heteroatoms. The maximum absolute atomic E-state index is 12.3. The topological polar surface area (TPSA) is 47.8 Å². The standard InChI is InChI=1S/C17H10ClN3O/c18-12-6-7-15-14(9-12)17-11(10-19-15)8-16(22)21(20-17)13-4-2-1-3-5-13/h1-10H. The Morgan fingerprint density at radius 3 is 2.64 bits per heavy atom. The lowest BCUT2D eigenvalue weighted by molar-refractivity contribution is 0.833. The summed E-state index contributed by atoms with van der Waals surface area (Å²) >= 11 is 6.08. The molecule has 4 nitrogen and oxygen atoms in total. The summed E-state index contributed by atoms with van der Waals surface area (Å²) in [6.07, 6.45) is 1.66. The molecule has 2 aromatic carbocycles. The predicted molar refractivity (Wildman–Crippen MR) is 87.7 cm³/mol. The molecule has 4 rings (SSSR count). The molecule has 22 heavy (non-hydrogen) atoms. The summed E-state index contributed by atoms with van der Waals surface area (Å²) in [7, 11) is 0. The molecule has 0 aliphatic heterocycles. The fraction of sp³-hybridized carbons (Fsp3) is 0. The van der Waals surface area contributed by atoms with E-state index in [0.29, 0.717) is 15.9 Å². The van der Waals surface area contributed by atoms with E-state index in [0.717, 1.165) is 16.6 Å². The molecule has 0 saturated carbocycles. The number of para-hydroxylation sites is 1. The zero-order chi connectivity index (χ0) is 15.1. The molecule has 0 atom stereocenters. The lowest BCUT2D eigenvalue weighted by Crippen LogP contribution is -2.20. The molecule has 0 fully saturated rings. The summed E-state index contributed by atoms with van der Waals surface area (Å²) in [4.78, 5) is 16.6. The van der Waals surface area contributed by atoms with E-state index in [4.69, 9.17) is 11.6 Å². The highest BCUT2D eigenvalue weighted by molar-refractivity contribution is 6.31. The van der Waals surface area contributed by atoms with Crippen LogP contribution in [0.2, 0.25) is 5.02 Å². The van der Waals surface area contributed by atoms with Crippen LogP contribution in [0.3, 0.4) is 0 Å². The maximum Gasteiger partial charge on any atom is 0.272 e. The lowest BCUT2D eigenvalue weighted by atomic mass is 10.1. The zero-order valence-corrected chi connectivity index (χ0v) is 12.2. The zero-order valence-electron chi connectivity index (χ0n) is 11.4. The number of halogens is 1. The van der Waals surface area contributed by atoms with Gasteiger partial charge in [0.15, 0.2) is 0 Å². The molecule has 0 aliphatic rings. The van der Waals surface area contributed by atoms with E-state index in [1.54, 1.807) is 18.3 Å². The number of aromatic nitrogens is 3. The van der Waals surface area contributed by atoms with Gasteiger partial charge in [-0.1, -0.05) is 29.8 Å². The number of benzene rings is 2. The monoisotopic (exact) mass is 307 g/mol. The van der Waals surface area contributed by atoms with Gasteiger partial charge in [-0.05, 0) is 30.3 Å². The first-order valence-corrected chi connectivity index (χ1v) is 7.14. The van der Waals surface area contributed by atoms with Crippen molar-refractivity contribution in [3.63, 3.8) is 0 Å². The van der Waals surface area contributed by atoms with Gasteiger partial charge in [0.2, 0.25) is 0 Å². The molecule has 0 spiro atoms. The van der Waals surface area contributed by atoms with E-state index in [-0.39, 0.29) is 5.56 Å². The molecule has 0 saturated heterocycles. The van der Waals surface area contributed by atoms with Crippen LogP contribution in [0.15, 0.2) is 65.6 Å². The molecule has 0 unspecified atom stereocenters. The minimum Gasteiger partial charge on any atom is -0.267 e. The van der Waals surface area contributed by atoms with Gasteiger partial charge in [-0.2, -0.15) is 9.78 Å². The van der Waals surface area contributed by atoms with Gasteiger partial charge >= 0.3 is 0 Å². The SMILES string of the molecule is O=c1cc2cnc3ccc(Cl)cc3c2nn1-c1ccccc1. The molecule has 2 aromatic heterocycles. The Hall–Kier alpha value is -2.72. The number of pyridine rings is 1. The number of fused-ring (bicyclic) bond motifs is 3. The Morgan fingerprint density at radius 1 is 1.00 bits per heavy atom. The highest BCUT2D eigenvalue weighted by atomic mass is 35.5. The van der Waals surface area contributed by atoms with Gasteiger partial charge in [-0.25, -0.2) is 0 Å². The van der Waals surface area contributed by atoms with Gasteiger partial charge in [-0.15, -0.1) is 0 Å². The summed E-state index contributed by atoms with van der Waals surface area (Å²) < 4.78 is 1.39. The van der Waals surface area contributed by atoms with Crippen LogP contribution in [0.1, 0.15) is 0 Å². The third-order valence-electron chi connectivity index (χ3n) is 3.52. The van der Waals surface area contributed by atoms with Gasteiger partial charge in [0.05, 0.1) is 11.2 Å².